The highest BCUT2D eigenvalue weighted by Gasteiger charge is 2.33. The van der Waals surface area contributed by atoms with Crippen molar-refractivity contribution in [3.8, 4) is 0 Å². The predicted octanol–water partition coefficient (Wildman–Crippen LogP) is 6.00. The van der Waals surface area contributed by atoms with E-state index >= 15 is 0 Å². The molecule has 2 aliphatic heterocycles. The maximum atomic E-state index is 13.2. The number of nitrogens with one attached hydrogen (secondary N) is 1. The smallest absolute Gasteiger partial charge is 0.381 e. The van der Waals surface area contributed by atoms with Gasteiger partial charge in [0, 0.05) is 62.6 Å². The number of amides is 1. The van der Waals surface area contributed by atoms with E-state index in [-0.39, 0.29) is 18.4 Å². The highest BCUT2D eigenvalue weighted by Crippen LogP contribution is 2.31. The van der Waals surface area contributed by atoms with Crippen LogP contribution in [0.25, 0.3) is 0 Å². The average molecular weight is 500 g/mol. The maximum Gasteiger partial charge on any atom is 0.417 e. The number of halogens is 3. The molecule has 3 rings (SSSR count). The van der Waals surface area contributed by atoms with Gasteiger partial charge in [0.2, 0.25) is 5.91 Å². The van der Waals surface area contributed by atoms with E-state index < -0.39 is 11.7 Å². The van der Waals surface area contributed by atoms with Crippen LogP contribution in [-0.4, -0.2) is 47.6 Å². The fourth-order valence-corrected chi connectivity index (χ4v) is 4.74. The Labute approximate surface area is 209 Å². The van der Waals surface area contributed by atoms with Gasteiger partial charge in [0.1, 0.15) is 0 Å². The first-order chi connectivity index (χ1) is 16.6. The molecule has 1 amide bonds. The van der Waals surface area contributed by atoms with Crippen LogP contribution in [0.2, 0.25) is 0 Å². The van der Waals surface area contributed by atoms with Gasteiger partial charge in [0.05, 0.1) is 5.56 Å². The quantitative estimate of drug-likeness (QED) is 0.500. The number of aromatic nitrogens is 1. The van der Waals surface area contributed by atoms with Gasteiger partial charge in [-0.05, 0) is 56.6 Å². The molecule has 1 aromatic heterocycles. The second kappa shape index (κ2) is 14.2. The second-order valence-corrected chi connectivity index (χ2v) is 10.1. The largest absolute Gasteiger partial charge is 0.417 e. The van der Waals surface area contributed by atoms with Crippen LogP contribution in [0.1, 0.15) is 90.0 Å². The van der Waals surface area contributed by atoms with Gasteiger partial charge in [0.15, 0.2) is 0 Å². The van der Waals surface area contributed by atoms with Gasteiger partial charge in [0.25, 0.3) is 0 Å². The first-order valence-corrected chi connectivity index (χ1v) is 13.3. The van der Waals surface area contributed by atoms with Gasteiger partial charge in [-0.25, -0.2) is 0 Å². The molecule has 8 heteroatoms. The second-order valence-electron chi connectivity index (χ2n) is 10.1. The van der Waals surface area contributed by atoms with Gasteiger partial charge in [-0.15, -0.1) is 0 Å². The van der Waals surface area contributed by atoms with Crippen LogP contribution in [0, 0.1) is 11.8 Å². The summed E-state index contributed by atoms with van der Waals surface area (Å²) in [5, 5.41) is 3.72. The molecule has 0 unspecified atom stereocenters. The van der Waals surface area contributed by atoms with Crippen LogP contribution in [0.15, 0.2) is 12.3 Å². The Balaban J connectivity index is 0.00000137. The van der Waals surface area contributed by atoms with Crippen molar-refractivity contribution in [3.05, 3.63) is 29.1 Å². The van der Waals surface area contributed by atoms with Crippen molar-refractivity contribution in [3.63, 3.8) is 0 Å². The molecule has 1 saturated heterocycles. The number of rotatable bonds is 7. The molecule has 0 spiro atoms. The lowest BCUT2D eigenvalue weighted by Crippen LogP contribution is -2.42. The van der Waals surface area contributed by atoms with E-state index in [4.69, 9.17) is 4.74 Å². The summed E-state index contributed by atoms with van der Waals surface area (Å²) in [6.07, 6.45) is 2.65. The highest BCUT2D eigenvalue weighted by atomic mass is 19.4. The van der Waals surface area contributed by atoms with Crippen molar-refractivity contribution in [1.82, 2.24) is 15.2 Å². The van der Waals surface area contributed by atoms with Crippen molar-refractivity contribution in [2.75, 3.05) is 19.8 Å². The first-order valence-electron chi connectivity index (χ1n) is 13.3. The zero-order valence-electron chi connectivity index (χ0n) is 22.1. The lowest BCUT2D eigenvalue weighted by atomic mass is 9.92. The number of pyridine rings is 1. The summed E-state index contributed by atoms with van der Waals surface area (Å²) in [5.74, 6) is 0.487. The fourth-order valence-electron chi connectivity index (χ4n) is 4.74. The molecule has 4 atom stereocenters. The third-order valence-corrected chi connectivity index (χ3v) is 6.94. The zero-order valence-corrected chi connectivity index (χ0v) is 22.1. The van der Waals surface area contributed by atoms with Crippen molar-refractivity contribution in [2.24, 2.45) is 11.8 Å². The average Bonchev–Trinajstić information content (AvgIpc) is 3.02. The van der Waals surface area contributed by atoms with E-state index in [9.17, 15) is 18.0 Å². The van der Waals surface area contributed by atoms with Crippen LogP contribution in [0.5, 0.6) is 0 Å². The van der Waals surface area contributed by atoms with Crippen molar-refractivity contribution in [1.29, 1.82) is 0 Å². The summed E-state index contributed by atoms with van der Waals surface area (Å²) in [6, 6.07) is 1.87. The molecule has 1 N–H and O–H groups in total. The lowest BCUT2D eigenvalue weighted by Gasteiger charge is -2.32. The lowest BCUT2D eigenvalue weighted by molar-refractivity contribution is -0.138. The van der Waals surface area contributed by atoms with Crippen LogP contribution >= 0.6 is 0 Å². The summed E-state index contributed by atoms with van der Waals surface area (Å²) in [7, 11) is 0. The molecule has 5 nitrogen and oxygen atoms in total. The van der Waals surface area contributed by atoms with Gasteiger partial charge in [-0.1, -0.05) is 34.1 Å². The molecule has 3 heterocycles. The summed E-state index contributed by atoms with van der Waals surface area (Å²) in [6.45, 7) is 13.0. The number of nitrogens with zero attached hydrogens (tertiary/aromatic N) is 2. The summed E-state index contributed by atoms with van der Waals surface area (Å²) in [4.78, 5) is 18.9. The van der Waals surface area contributed by atoms with E-state index in [0.29, 0.717) is 42.2 Å². The van der Waals surface area contributed by atoms with Crippen LogP contribution in [-0.2, 0) is 28.7 Å². The summed E-state index contributed by atoms with van der Waals surface area (Å²) in [5.41, 5.74) is 0.416. The summed E-state index contributed by atoms with van der Waals surface area (Å²) >= 11 is 0. The maximum absolute atomic E-state index is 13.2. The number of fused-ring (bicyclic) bond motifs is 1. The van der Waals surface area contributed by atoms with Crippen molar-refractivity contribution < 1.29 is 22.7 Å². The Morgan fingerprint density at radius 2 is 1.91 bits per heavy atom. The minimum atomic E-state index is -4.43. The van der Waals surface area contributed by atoms with E-state index in [1.807, 2.05) is 6.92 Å². The molecule has 0 aromatic carbocycles. The Hall–Kier alpha value is -1.67. The van der Waals surface area contributed by atoms with Crippen LogP contribution < -0.4 is 5.32 Å². The van der Waals surface area contributed by atoms with Gasteiger partial charge in [-0.3, -0.25) is 9.78 Å². The third-order valence-electron chi connectivity index (χ3n) is 6.94. The minimum absolute atomic E-state index is 0.0407. The Morgan fingerprint density at radius 3 is 2.57 bits per heavy atom. The van der Waals surface area contributed by atoms with Gasteiger partial charge >= 0.3 is 6.18 Å². The molecular weight excluding hydrogens is 455 g/mol. The van der Waals surface area contributed by atoms with Crippen LogP contribution in [0.4, 0.5) is 13.2 Å². The Bertz CT molecular complexity index is 787. The normalized spacial score (nSPS) is 22.3. The molecule has 0 radical (unpaired) electrons. The van der Waals surface area contributed by atoms with Gasteiger partial charge < -0.3 is 15.0 Å². The molecule has 35 heavy (non-hydrogen) atoms. The van der Waals surface area contributed by atoms with E-state index in [1.165, 1.54) is 6.42 Å². The highest BCUT2D eigenvalue weighted by molar-refractivity contribution is 5.79. The molecule has 1 aromatic rings. The topological polar surface area (TPSA) is 54.5 Å². The molecule has 200 valence electrons. The molecule has 0 saturated carbocycles. The Morgan fingerprint density at radius 1 is 1.23 bits per heavy atom. The molecular formula is C27H44F3N3O2. The Kier molecular flexibility index (Phi) is 12.0. The SMILES string of the molecule is CCC.CC[C@H](CC[C@H](C)N[C@H]1CCOCC[C@H]1C)C(=O)N1CCc2ncc(C(F)(F)F)cc2C1. The molecule has 1 fully saturated rings. The van der Waals surface area contributed by atoms with E-state index in [2.05, 4.69) is 38.0 Å². The van der Waals surface area contributed by atoms with E-state index in [1.54, 1.807) is 4.90 Å². The van der Waals surface area contributed by atoms with Crippen molar-refractivity contribution >= 4 is 5.91 Å². The first kappa shape index (κ1) is 29.6. The van der Waals surface area contributed by atoms with Gasteiger partial charge in [-0.2, -0.15) is 13.2 Å². The number of ether oxygens (including phenoxy) is 1. The number of carbonyl (C=O) groups is 1. The molecule has 0 bridgehead atoms. The van der Waals surface area contributed by atoms with Crippen molar-refractivity contribution in [2.45, 2.75) is 104 Å². The minimum Gasteiger partial charge on any atom is -0.381 e. The molecule has 2 aliphatic rings. The monoisotopic (exact) mass is 499 g/mol. The third kappa shape index (κ3) is 9.05. The predicted molar refractivity (Wildman–Crippen MR) is 133 cm³/mol. The number of carbonyl (C=O) groups excluding carboxylic acids is 1. The van der Waals surface area contributed by atoms with E-state index in [0.717, 1.165) is 57.6 Å². The summed E-state index contributed by atoms with van der Waals surface area (Å²) < 4.78 is 44.7. The van der Waals surface area contributed by atoms with Crippen LogP contribution in [0.3, 0.4) is 0 Å². The fraction of sp³-hybridized carbons (Fsp3) is 0.778. The standard InChI is InChI=1S/C24H36F3N3O2.C3H8/c1-4-18(6-5-17(3)29-21-9-12-32-11-8-16(21)2)23(31)30-10-7-22-19(15-30)13-20(14-28-22)24(25,26)27;1-3-2/h13-14,16-18,21,29H,4-12,15H2,1-3H3;3H2,1-2H3/t16-,17+,18-,21+;/m1./s1. The number of alkyl halides is 3. The number of hydrogen-bond donors (Lipinski definition) is 1. The zero-order chi connectivity index (χ0) is 26.0. The number of hydrogen-bond acceptors (Lipinski definition) is 4. The molecule has 0 aliphatic carbocycles.